The number of fused-ring (bicyclic) bond motifs is 4. The Morgan fingerprint density at radius 3 is 2.43 bits per heavy atom. The van der Waals surface area contributed by atoms with Crippen LogP contribution < -0.4 is 5.56 Å². The standard InChI is InChI=1S/C21H16ClN3O3S2/c1-11-4-6-14(7-5-11)30(27,28)24-9-8-15-17-13(3)16-10-12(2)29-18(16)20(26)25(17)21(22)23-19(15)24/h4-10H,1-3H3. The third-order valence-corrected chi connectivity index (χ3v) is 8.25. The fraction of sp³-hybridized carbons (Fsp3) is 0.143. The molecule has 30 heavy (non-hydrogen) atoms. The summed E-state index contributed by atoms with van der Waals surface area (Å²) in [6, 6.07) is 10.2. The zero-order chi connectivity index (χ0) is 21.4. The first-order valence-electron chi connectivity index (χ1n) is 9.14. The molecule has 0 amide bonds. The third-order valence-electron chi connectivity index (χ3n) is 5.28. The van der Waals surface area contributed by atoms with Crippen molar-refractivity contribution in [2.75, 3.05) is 0 Å². The second-order valence-corrected chi connectivity index (χ2v) is 10.7. The van der Waals surface area contributed by atoms with E-state index in [1.165, 1.54) is 21.9 Å². The first-order valence-corrected chi connectivity index (χ1v) is 11.8. The predicted molar refractivity (Wildman–Crippen MR) is 121 cm³/mol. The molecule has 9 heteroatoms. The number of benzene rings is 1. The summed E-state index contributed by atoms with van der Waals surface area (Å²) in [5.74, 6) is 0. The SMILES string of the molecule is Cc1ccc(S(=O)(=O)n2ccc3c2nc(Cl)n2c(=O)c4sc(C)cc4c(C)c32)cc1. The van der Waals surface area contributed by atoms with Gasteiger partial charge in [0, 0.05) is 21.8 Å². The second-order valence-electron chi connectivity index (χ2n) is 7.26. The lowest BCUT2D eigenvalue weighted by molar-refractivity contribution is 0.588. The summed E-state index contributed by atoms with van der Waals surface area (Å²) in [5, 5.41) is 1.33. The van der Waals surface area contributed by atoms with Crippen LogP contribution in [-0.2, 0) is 10.0 Å². The topological polar surface area (TPSA) is 73.4 Å². The summed E-state index contributed by atoms with van der Waals surface area (Å²) in [4.78, 5) is 18.6. The first-order chi connectivity index (χ1) is 14.2. The van der Waals surface area contributed by atoms with E-state index in [-0.39, 0.29) is 21.4 Å². The molecule has 0 unspecified atom stereocenters. The van der Waals surface area contributed by atoms with Crippen molar-refractivity contribution in [3.05, 3.63) is 74.2 Å². The number of rotatable bonds is 2. The maximum Gasteiger partial charge on any atom is 0.275 e. The Morgan fingerprint density at radius 1 is 1.03 bits per heavy atom. The van der Waals surface area contributed by atoms with Gasteiger partial charge in [-0.25, -0.2) is 16.8 Å². The molecule has 0 spiro atoms. The van der Waals surface area contributed by atoms with E-state index in [0.717, 1.165) is 25.4 Å². The zero-order valence-corrected chi connectivity index (χ0v) is 18.7. The van der Waals surface area contributed by atoms with Gasteiger partial charge in [-0.05, 0) is 62.2 Å². The molecule has 0 aliphatic rings. The zero-order valence-electron chi connectivity index (χ0n) is 16.3. The van der Waals surface area contributed by atoms with E-state index >= 15 is 0 Å². The van der Waals surface area contributed by atoms with Crippen LogP contribution in [0.5, 0.6) is 0 Å². The fourth-order valence-corrected chi connectivity index (χ4v) is 6.34. The molecular formula is C21H16ClN3O3S2. The molecule has 0 atom stereocenters. The van der Waals surface area contributed by atoms with E-state index in [2.05, 4.69) is 4.98 Å². The van der Waals surface area contributed by atoms with Crippen molar-refractivity contribution in [2.24, 2.45) is 0 Å². The minimum absolute atomic E-state index is 0.0717. The molecule has 5 aromatic rings. The van der Waals surface area contributed by atoms with Crippen LogP contribution in [0.15, 0.2) is 52.3 Å². The van der Waals surface area contributed by atoms with Gasteiger partial charge in [0.15, 0.2) is 5.65 Å². The maximum absolute atomic E-state index is 13.2. The minimum Gasteiger partial charge on any atom is -0.267 e. The number of pyridine rings is 1. The Hall–Kier alpha value is -2.68. The molecule has 0 saturated carbocycles. The smallest absolute Gasteiger partial charge is 0.267 e. The molecular weight excluding hydrogens is 442 g/mol. The normalized spacial score (nSPS) is 12.4. The van der Waals surface area contributed by atoms with E-state index in [4.69, 9.17) is 11.6 Å². The van der Waals surface area contributed by atoms with Crippen LogP contribution in [-0.4, -0.2) is 21.8 Å². The molecule has 0 aliphatic carbocycles. The highest BCUT2D eigenvalue weighted by atomic mass is 35.5. The van der Waals surface area contributed by atoms with Crippen LogP contribution >= 0.6 is 22.9 Å². The van der Waals surface area contributed by atoms with Gasteiger partial charge in [0.05, 0.1) is 10.4 Å². The number of aryl methyl sites for hydroxylation is 3. The van der Waals surface area contributed by atoms with Crippen molar-refractivity contribution in [3.8, 4) is 0 Å². The largest absolute Gasteiger partial charge is 0.275 e. The van der Waals surface area contributed by atoms with Crippen LogP contribution in [0.2, 0.25) is 5.28 Å². The van der Waals surface area contributed by atoms with Gasteiger partial charge in [-0.15, -0.1) is 11.3 Å². The van der Waals surface area contributed by atoms with Gasteiger partial charge in [-0.3, -0.25) is 4.79 Å². The van der Waals surface area contributed by atoms with Crippen molar-refractivity contribution in [3.63, 3.8) is 0 Å². The lowest BCUT2D eigenvalue weighted by atomic mass is 10.1. The Morgan fingerprint density at radius 2 is 1.73 bits per heavy atom. The Labute approximate surface area is 181 Å². The van der Waals surface area contributed by atoms with Crippen molar-refractivity contribution >= 4 is 59.6 Å². The van der Waals surface area contributed by atoms with Gasteiger partial charge in [0.2, 0.25) is 5.28 Å². The molecule has 0 fully saturated rings. The highest BCUT2D eigenvalue weighted by molar-refractivity contribution is 7.90. The van der Waals surface area contributed by atoms with Crippen LogP contribution in [0.1, 0.15) is 16.0 Å². The minimum atomic E-state index is -3.88. The lowest BCUT2D eigenvalue weighted by Gasteiger charge is -2.11. The average molecular weight is 458 g/mol. The Bertz CT molecular complexity index is 1660. The molecule has 4 heterocycles. The summed E-state index contributed by atoms with van der Waals surface area (Å²) in [6.07, 6.45) is 1.45. The quantitative estimate of drug-likeness (QED) is 0.361. The highest BCUT2D eigenvalue weighted by Crippen LogP contribution is 2.33. The Balaban J connectivity index is 1.91. The summed E-state index contributed by atoms with van der Waals surface area (Å²) in [6.45, 7) is 5.74. The van der Waals surface area contributed by atoms with Crippen molar-refractivity contribution < 1.29 is 8.42 Å². The molecule has 6 nitrogen and oxygen atoms in total. The number of hydrogen-bond donors (Lipinski definition) is 0. The van der Waals surface area contributed by atoms with E-state index in [1.54, 1.807) is 30.3 Å². The number of thiophene rings is 1. The average Bonchev–Trinajstić information content (AvgIpc) is 3.29. The van der Waals surface area contributed by atoms with Crippen molar-refractivity contribution in [1.82, 2.24) is 13.4 Å². The summed E-state index contributed by atoms with van der Waals surface area (Å²) in [5.41, 5.74) is 2.32. The maximum atomic E-state index is 13.2. The van der Waals surface area contributed by atoms with Gasteiger partial charge in [-0.2, -0.15) is 4.98 Å². The van der Waals surface area contributed by atoms with Crippen molar-refractivity contribution in [2.45, 2.75) is 25.7 Å². The van der Waals surface area contributed by atoms with Gasteiger partial charge in [0.1, 0.15) is 4.70 Å². The summed E-state index contributed by atoms with van der Waals surface area (Å²) in [7, 11) is -3.88. The Kier molecular flexibility index (Phi) is 4.12. The van der Waals surface area contributed by atoms with Crippen LogP contribution in [0.4, 0.5) is 0 Å². The molecule has 0 N–H and O–H groups in total. The van der Waals surface area contributed by atoms with Crippen LogP contribution in [0.25, 0.3) is 26.6 Å². The van der Waals surface area contributed by atoms with E-state index in [9.17, 15) is 13.2 Å². The van der Waals surface area contributed by atoms with Crippen LogP contribution in [0, 0.1) is 20.8 Å². The molecule has 0 radical (unpaired) electrons. The molecule has 0 bridgehead atoms. The van der Waals surface area contributed by atoms with Gasteiger partial charge in [-0.1, -0.05) is 17.7 Å². The number of hydrogen-bond acceptors (Lipinski definition) is 5. The van der Waals surface area contributed by atoms with E-state index < -0.39 is 10.0 Å². The molecule has 5 rings (SSSR count). The monoisotopic (exact) mass is 457 g/mol. The second kappa shape index (κ2) is 6.41. The van der Waals surface area contributed by atoms with Crippen LogP contribution in [0.3, 0.4) is 0 Å². The van der Waals surface area contributed by atoms with Gasteiger partial charge < -0.3 is 0 Å². The molecule has 4 aromatic heterocycles. The highest BCUT2D eigenvalue weighted by Gasteiger charge is 2.24. The number of aromatic nitrogens is 3. The van der Waals surface area contributed by atoms with E-state index in [0.29, 0.717) is 15.6 Å². The fourth-order valence-electron chi connectivity index (χ4n) is 3.80. The third kappa shape index (κ3) is 2.57. The first kappa shape index (κ1) is 19.3. The molecule has 0 aliphatic heterocycles. The number of halogens is 1. The summed E-state index contributed by atoms with van der Waals surface area (Å²) >= 11 is 7.82. The molecule has 152 valence electrons. The number of nitrogens with zero attached hydrogens (tertiary/aromatic N) is 3. The van der Waals surface area contributed by atoms with Gasteiger partial charge in [0.25, 0.3) is 15.6 Å². The molecule has 0 saturated heterocycles. The molecule has 1 aromatic carbocycles. The van der Waals surface area contributed by atoms with E-state index in [1.807, 2.05) is 26.8 Å². The van der Waals surface area contributed by atoms with Crippen molar-refractivity contribution in [1.29, 1.82) is 0 Å². The van der Waals surface area contributed by atoms with Gasteiger partial charge >= 0.3 is 0 Å². The summed E-state index contributed by atoms with van der Waals surface area (Å²) < 4.78 is 29.6. The lowest BCUT2D eigenvalue weighted by Crippen LogP contribution is -2.17. The predicted octanol–water partition coefficient (Wildman–Crippen LogP) is 4.68.